The molecule has 0 saturated carbocycles. The summed E-state index contributed by atoms with van der Waals surface area (Å²) in [6.07, 6.45) is 5.15. The van der Waals surface area contributed by atoms with Crippen molar-refractivity contribution in [2.75, 3.05) is 19.1 Å². The molecule has 1 atom stereocenters. The SMILES string of the molecule is CC(CS(C)(=O)=O)N(C)C(=O)c1ccc(Cn2cccc2)cc1. The summed E-state index contributed by atoms with van der Waals surface area (Å²) < 4.78 is 24.8. The lowest BCUT2D eigenvalue weighted by atomic mass is 10.1. The second-order valence-corrected chi connectivity index (χ2v) is 8.09. The van der Waals surface area contributed by atoms with Gasteiger partial charge in [0.1, 0.15) is 9.84 Å². The van der Waals surface area contributed by atoms with E-state index in [4.69, 9.17) is 0 Å². The predicted molar refractivity (Wildman–Crippen MR) is 91.2 cm³/mol. The van der Waals surface area contributed by atoms with E-state index in [1.165, 1.54) is 11.2 Å². The van der Waals surface area contributed by atoms with Crippen LogP contribution < -0.4 is 0 Å². The number of aromatic nitrogens is 1. The molecule has 0 N–H and O–H groups in total. The van der Waals surface area contributed by atoms with E-state index in [1.807, 2.05) is 36.7 Å². The van der Waals surface area contributed by atoms with Crippen LogP contribution >= 0.6 is 0 Å². The van der Waals surface area contributed by atoms with Gasteiger partial charge in [0.25, 0.3) is 5.91 Å². The minimum atomic E-state index is -3.12. The molecular formula is C17H22N2O3S. The molecule has 1 aromatic carbocycles. The standard InChI is InChI=1S/C17H22N2O3S/c1-14(13-23(3,21)22)18(2)17(20)16-8-6-15(7-9-16)12-19-10-4-5-11-19/h4-11,14H,12-13H2,1-3H3. The Morgan fingerprint density at radius 2 is 1.74 bits per heavy atom. The highest BCUT2D eigenvalue weighted by molar-refractivity contribution is 7.90. The average Bonchev–Trinajstić information content (AvgIpc) is 2.97. The fourth-order valence-corrected chi connectivity index (χ4v) is 3.49. The lowest BCUT2D eigenvalue weighted by Crippen LogP contribution is -2.39. The first-order chi connectivity index (χ1) is 10.8. The van der Waals surface area contributed by atoms with Gasteiger partial charge in [-0.25, -0.2) is 8.42 Å². The maximum atomic E-state index is 12.4. The molecule has 1 amide bonds. The van der Waals surface area contributed by atoms with Gasteiger partial charge in [-0.1, -0.05) is 12.1 Å². The minimum absolute atomic E-state index is 0.0407. The summed E-state index contributed by atoms with van der Waals surface area (Å²) in [5.41, 5.74) is 1.66. The molecule has 6 heteroatoms. The highest BCUT2D eigenvalue weighted by Crippen LogP contribution is 2.11. The second-order valence-electron chi connectivity index (χ2n) is 5.91. The highest BCUT2D eigenvalue weighted by Gasteiger charge is 2.20. The van der Waals surface area contributed by atoms with Crippen molar-refractivity contribution in [2.24, 2.45) is 0 Å². The molecule has 1 aromatic heterocycles. The zero-order valence-corrected chi connectivity index (χ0v) is 14.5. The van der Waals surface area contributed by atoms with E-state index in [-0.39, 0.29) is 17.7 Å². The summed E-state index contributed by atoms with van der Waals surface area (Å²) in [4.78, 5) is 13.9. The van der Waals surface area contributed by atoms with Gasteiger partial charge in [0.15, 0.2) is 0 Å². The van der Waals surface area contributed by atoms with E-state index in [0.717, 1.165) is 12.1 Å². The number of nitrogens with zero attached hydrogens (tertiary/aromatic N) is 2. The molecule has 1 unspecified atom stereocenters. The van der Waals surface area contributed by atoms with Crippen LogP contribution in [0.25, 0.3) is 0 Å². The van der Waals surface area contributed by atoms with Gasteiger partial charge in [-0.05, 0) is 36.8 Å². The van der Waals surface area contributed by atoms with Gasteiger partial charge in [0, 0.05) is 43.8 Å². The molecule has 0 bridgehead atoms. The molecular weight excluding hydrogens is 312 g/mol. The van der Waals surface area contributed by atoms with Gasteiger partial charge in [-0.15, -0.1) is 0 Å². The quantitative estimate of drug-likeness (QED) is 0.812. The Morgan fingerprint density at radius 3 is 2.26 bits per heavy atom. The van der Waals surface area contributed by atoms with E-state index in [0.29, 0.717) is 5.56 Å². The van der Waals surface area contributed by atoms with Gasteiger partial charge >= 0.3 is 0 Å². The van der Waals surface area contributed by atoms with Crippen molar-refractivity contribution in [3.05, 3.63) is 59.9 Å². The normalized spacial score (nSPS) is 12.8. The largest absolute Gasteiger partial charge is 0.350 e. The fourth-order valence-electron chi connectivity index (χ4n) is 2.39. The van der Waals surface area contributed by atoms with Crippen LogP contribution in [0.3, 0.4) is 0 Å². The number of rotatable bonds is 6. The van der Waals surface area contributed by atoms with Crippen LogP contribution in [0.5, 0.6) is 0 Å². The Labute approximate surface area is 137 Å². The van der Waals surface area contributed by atoms with E-state index in [9.17, 15) is 13.2 Å². The maximum absolute atomic E-state index is 12.4. The lowest BCUT2D eigenvalue weighted by molar-refractivity contribution is 0.0757. The first-order valence-corrected chi connectivity index (χ1v) is 9.47. The Kier molecular flexibility index (Phi) is 5.26. The molecule has 2 aromatic rings. The van der Waals surface area contributed by atoms with Crippen molar-refractivity contribution >= 4 is 15.7 Å². The number of benzene rings is 1. The van der Waals surface area contributed by atoms with E-state index in [2.05, 4.69) is 4.57 Å². The van der Waals surface area contributed by atoms with Crippen molar-refractivity contribution in [2.45, 2.75) is 19.5 Å². The molecule has 0 aliphatic heterocycles. The highest BCUT2D eigenvalue weighted by atomic mass is 32.2. The summed E-state index contributed by atoms with van der Waals surface area (Å²) >= 11 is 0. The lowest BCUT2D eigenvalue weighted by Gasteiger charge is -2.24. The molecule has 0 aliphatic carbocycles. The topological polar surface area (TPSA) is 59.4 Å². The Hall–Kier alpha value is -2.08. The van der Waals surface area contributed by atoms with Crippen LogP contribution in [0.15, 0.2) is 48.8 Å². The Morgan fingerprint density at radius 1 is 1.17 bits per heavy atom. The molecule has 5 nitrogen and oxygen atoms in total. The summed E-state index contributed by atoms with van der Waals surface area (Å²) in [5, 5.41) is 0. The fraction of sp³-hybridized carbons (Fsp3) is 0.353. The zero-order valence-electron chi connectivity index (χ0n) is 13.6. The minimum Gasteiger partial charge on any atom is -0.350 e. The van der Waals surface area contributed by atoms with Crippen LogP contribution in [0.2, 0.25) is 0 Å². The van der Waals surface area contributed by atoms with Gasteiger partial charge in [-0.2, -0.15) is 0 Å². The van der Waals surface area contributed by atoms with Crippen molar-refractivity contribution in [1.82, 2.24) is 9.47 Å². The van der Waals surface area contributed by atoms with Gasteiger partial charge < -0.3 is 9.47 Å². The third-order valence-electron chi connectivity index (χ3n) is 3.76. The third kappa shape index (κ3) is 4.96. The van der Waals surface area contributed by atoms with Crippen LogP contribution in [-0.4, -0.2) is 48.9 Å². The molecule has 0 radical (unpaired) electrons. The van der Waals surface area contributed by atoms with Gasteiger partial charge in [0.2, 0.25) is 0 Å². The molecule has 23 heavy (non-hydrogen) atoms. The van der Waals surface area contributed by atoms with Crippen molar-refractivity contribution in [3.8, 4) is 0 Å². The number of hydrogen-bond donors (Lipinski definition) is 0. The van der Waals surface area contributed by atoms with E-state index >= 15 is 0 Å². The van der Waals surface area contributed by atoms with Crippen molar-refractivity contribution in [3.63, 3.8) is 0 Å². The Bertz CT molecular complexity index is 750. The second kappa shape index (κ2) is 7.00. The van der Waals surface area contributed by atoms with Crippen LogP contribution in [0.4, 0.5) is 0 Å². The summed E-state index contributed by atoms with van der Waals surface area (Å²) in [7, 11) is -1.49. The number of amides is 1. The van der Waals surface area contributed by atoms with Crippen molar-refractivity contribution < 1.29 is 13.2 Å². The average molecular weight is 334 g/mol. The summed E-state index contributed by atoms with van der Waals surface area (Å²) in [6.45, 7) is 2.49. The summed E-state index contributed by atoms with van der Waals surface area (Å²) in [5.74, 6) is -0.213. The molecule has 1 heterocycles. The Balaban J connectivity index is 2.04. The molecule has 0 aliphatic rings. The predicted octanol–water partition coefficient (Wildman–Crippen LogP) is 2.04. The maximum Gasteiger partial charge on any atom is 0.253 e. The first kappa shape index (κ1) is 17.3. The molecule has 2 rings (SSSR count). The number of sulfone groups is 1. The number of carbonyl (C=O) groups is 1. The molecule has 124 valence electrons. The molecule has 0 saturated heterocycles. The van der Waals surface area contributed by atoms with E-state index in [1.54, 1.807) is 26.1 Å². The monoisotopic (exact) mass is 334 g/mol. The van der Waals surface area contributed by atoms with Crippen molar-refractivity contribution in [1.29, 1.82) is 0 Å². The first-order valence-electron chi connectivity index (χ1n) is 7.41. The van der Waals surface area contributed by atoms with E-state index < -0.39 is 9.84 Å². The third-order valence-corrected chi connectivity index (χ3v) is 4.85. The molecule has 0 spiro atoms. The van der Waals surface area contributed by atoms with Gasteiger partial charge in [0.05, 0.1) is 5.75 Å². The van der Waals surface area contributed by atoms with Crippen LogP contribution in [0, 0.1) is 0 Å². The smallest absolute Gasteiger partial charge is 0.253 e. The zero-order chi connectivity index (χ0) is 17.0. The number of hydrogen-bond acceptors (Lipinski definition) is 3. The summed E-state index contributed by atoms with van der Waals surface area (Å²) in [6, 6.07) is 11.0. The van der Waals surface area contributed by atoms with Crippen LogP contribution in [0.1, 0.15) is 22.8 Å². The molecule has 0 fully saturated rings. The van der Waals surface area contributed by atoms with Crippen LogP contribution in [-0.2, 0) is 16.4 Å². The van der Waals surface area contributed by atoms with Gasteiger partial charge in [-0.3, -0.25) is 4.79 Å². The number of carbonyl (C=O) groups excluding carboxylic acids is 1.